The highest BCUT2D eigenvalue weighted by Gasteiger charge is 2.14. The first-order chi connectivity index (χ1) is 8.66. The molecule has 1 unspecified atom stereocenters. The summed E-state index contributed by atoms with van der Waals surface area (Å²) in [7, 11) is 0. The molecule has 0 saturated carbocycles. The maximum atomic E-state index is 9.32. The summed E-state index contributed by atoms with van der Waals surface area (Å²) < 4.78 is 1.64. The summed E-state index contributed by atoms with van der Waals surface area (Å²) in [5.74, 6) is 0.579. The maximum Gasteiger partial charge on any atom is 0.185 e. The van der Waals surface area contributed by atoms with Crippen molar-refractivity contribution < 1.29 is 5.11 Å². The number of aliphatic hydroxyl groups is 1. The number of nitrogens with zero attached hydrogens (tertiary/aromatic N) is 3. The van der Waals surface area contributed by atoms with E-state index in [2.05, 4.69) is 15.3 Å². The first-order valence-electron chi connectivity index (χ1n) is 5.39. The number of anilines is 1. The number of H-pyrrole nitrogens is 1. The van der Waals surface area contributed by atoms with Crippen LogP contribution in [0.5, 0.6) is 0 Å². The van der Waals surface area contributed by atoms with E-state index in [4.69, 9.17) is 11.5 Å². The Hall–Kier alpha value is -2.38. The summed E-state index contributed by atoms with van der Waals surface area (Å²) in [5.41, 5.74) is 13.7. The van der Waals surface area contributed by atoms with Crippen LogP contribution in [0, 0.1) is 0 Å². The average molecular weight is 244 g/mol. The Morgan fingerprint density at radius 3 is 2.78 bits per heavy atom. The zero-order valence-corrected chi connectivity index (χ0v) is 9.41. The van der Waals surface area contributed by atoms with E-state index in [-0.39, 0.29) is 0 Å². The molecule has 0 aliphatic heterocycles. The van der Waals surface area contributed by atoms with E-state index in [1.807, 2.05) is 18.2 Å². The summed E-state index contributed by atoms with van der Waals surface area (Å²) in [6.45, 7) is 0. The van der Waals surface area contributed by atoms with Gasteiger partial charge in [-0.15, -0.1) is 10.2 Å². The number of rotatable bonds is 2. The fourth-order valence-corrected chi connectivity index (χ4v) is 1.83. The van der Waals surface area contributed by atoms with Crippen molar-refractivity contribution in [2.24, 2.45) is 5.73 Å². The van der Waals surface area contributed by atoms with Gasteiger partial charge in [0.15, 0.2) is 11.5 Å². The highest BCUT2D eigenvalue weighted by molar-refractivity contribution is 5.72. The van der Waals surface area contributed by atoms with Crippen LogP contribution in [0.15, 0.2) is 30.3 Å². The molecule has 2 aromatic heterocycles. The average Bonchev–Trinajstić information content (AvgIpc) is 2.89. The lowest BCUT2D eigenvalue weighted by molar-refractivity contribution is 0.181. The fourth-order valence-electron chi connectivity index (χ4n) is 1.83. The Balaban J connectivity index is 2.21. The van der Waals surface area contributed by atoms with Crippen molar-refractivity contribution in [2.75, 3.05) is 5.73 Å². The van der Waals surface area contributed by atoms with Gasteiger partial charge >= 0.3 is 0 Å². The highest BCUT2D eigenvalue weighted by Crippen LogP contribution is 2.24. The van der Waals surface area contributed by atoms with E-state index < -0.39 is 6.23 Å². The molecule has 0 bridgehead atoms. The molecule has 0 aliphatic carbocycles. The topological polar surface area (TPSA) is 118 Å². The van der Waals surface area contributed by atoms with Crippen molar-refractivity contribution >= 4 is 11.3 Å². The minimum atomic E-state index is -1.08. The molecular formula is C11H12N6O. The molecule has 0 aliphatic rings. The SMILES string of the molecule is Nc1ccccc1-c1nnc2cc(C(N)O)[nH]n12. The maximum absolute atomic E-state index is 9.32. The van der Waals surface area contributed by atoms with Gasteiger partial charge in [-0.25, -0.2) is 4.52 Å². The first kappa shape index (κ1) is 10.8. The molecule has 0 spiro atoms. The largest absolute Gasteiger partial charge is 0.398 e. The number of hydrogen-bond donors (Lipinski definition) is 4. The Morgan fingerprint density at radius 2 is 2.06 bits per heavy atom. The van der Waals surface area contributed by atoms with Gasteiger partial charge in [-0.3, -0.25) is 5.10 Å². The third-order valence-electron chi connectivity index (χ3n) is 2.73. The van der Waals surface area contributed by atoms with Crippen LogP contribution in [0.4, 0.5) is 5.69 Å². The Morgan fingerprint density at radius 1 is 1.28 bits per heavy atom. The summed E-state index contributed by atoms with van der Waals surface area (Å²) in [6, 6.07) is 9.00. The van der Waals surface area contributed by atoms with E-state index in [0.717, 1.165) is 5.56 Å². The molecule has 0 amide bonds. The highest BCUT2D eigenvalue weighted by atomic mass is 16.3. The second-order valence-corrected chi connectivity index (χ2v) is 3.96. The first-order valence-corrected chi connectivity index (χ1v) is 5.39. The smallest absolute Gasteiger partial charge is 0.185 e. The zero-order chi connectivity index (χ0) is 12.7. The third-order valence-corrected chi connectivity index (χ3v) is 2.73. The van der Waals surface area contributed by atoms with Crippen LogP contribution in [0.25, 0.3) is 17.0 Å². The molecule has 2 heterocycles. The van der Waals surface area contributed by atoms with Crippen LogP contribution in [0.3, 0.4) is 0 Å². The van der Waals surface area contributed by atoms with Gasteiger partial charge in [0.05, 0.1) is 5.69 Å². The lowest BCUT2D eigenvalue weighted by Crippen LogP contribution is -2.09. The molecule has 1 aromatic carbocycles. The molecule has 1 atom stereocenters. The predicted molar refractivity (Wildman–Crippen MR) is 66.3 cm³/mol. The second-order valence-electron chi connectivity index (χ2n) is 3.96. The number of benzene rings is 1. The molecule has 7 nitrogen and oxygen atoms in total. The number of aromatic nitrogens is 4. The number of nitrogens with one attached hydrogen (secondary N) is 1. The summed E-state index contributed by atoms with van der Waals surface area (Å²) in [6.07, 6.45) is -1.08. The van der Waals surface area contributed by atoms with Gasteiger partial charge in [0.2, 0.25) is 0 Å². The summed E-state index contributed by atoms with van der Waals surface area (Å²) in [4.78, 5) is 0. The Labute approximate surface area is 102 Å². The zero-order valence-electron chi connectivity index (χ0n) is 9.41. The van der Waals surface area contributed by atoms with E-state index in [9.17, 15) is 5.11 Å². The van der Waals surface area contributed by atoms with Crippen LogP contribution >= 0.6 is 0 Å². The van der Waals surface area contributed by atoms with Crippen LogP contribution in [-0.4, -0.2) is 24.9 Å². The lowest BCUT2D eigenvalue weighted by Gasteiger charge is -2.02. The molecular weight excluding hydrogens is 232 g/mol. The number of aliphatic hydroxyl groups excluding tert-OH is 1. The number of nitrogens with two attached hydrogens (primary N) is 2. The van der Waals surface area contributed by atoms with Gasteiger partial charge in [-0.2, -0.15) is 0 Å². The lowest BCUT2D eigenvalue weighted by atomic mass is 10.2. The minimum Gasteiger partial charge on any atom is -0.398 e. The Kier molecular flexibility index (Phi) is 2.29. The van der Waals surface area contributed by atoms with Crippen molar-refractivity contribution in [3.8, 4) is 11.4 Å². The fraction of sp³-hybridized carbons (Fsp3) is 0.0909. The molecule has 3 rings (SSSR count). The summed E-state index contributed by atoms with van der Waals surface area (Å²) in [5, 5.41) is 20.3. The van der Waals surface area contributed by atoms with Gasteiger partial charge < -0.3 is 16.6 Å². The van der Waals surface area contributed by atoms with E-state index >= 15 is 0 Å². The third kappa shape index (κ3) is 1.53. The van der Waals surface area contributed by atoms with E-state index in [1.165, 1.54) is 0 Å². The van der Waals surface area contributed by atoms with Crippen molar-refractivity contribution in [3.63, 3.8) is 0 Å². The molecule has 0 radical (unpaired) electrons. The number of aromatic amines is 1. The van der Waals surface area contributed by atoms with Gasteiger partial charge in [0, 0.05) is 17.3 Å². The summed E-state index contributed by atoms with van der Waals surface area (Å²) >= 11 is 0. The van der Waals surface area contributed by atoms with Gasteiger partial charge in [-0.1, -0.05) is 12.1 Å². The van der Waals surface area contributed by atoms with Gasteiger partial charge in [-0.05, 0) is 12.1 Å². The number of para-hydroxylation sites is 1. The van der Waals surface area contributed by atoms with Gasteiger partial charge in [0.1, 0.15) is 6.23 Å². The second kappa shape index (κ2) is 3.83. The van der Waals surface area contributed by atoms with Crippen LogP contribution in [-0.2, 0) is 0 Å². The van der Waals surface area contributed by atoms with E-state index in [0.29, 0.717) is 22.9 Å². The van der Waals surface area contributed by atoms with Crippen molar-refractivity contribution in [3.05, 3.63) is 36.0 Å². The monoisotopic (exact) mass is 244 g/mol. The normalized spacial score (nSPS) is 13.0. The minimum absolute atomic E-state index is 0.468. The number of hydrogen-bond acceptors (Lipinski definition) is 5. The van der Waals surface area contributed by atoms with Crippen LogP contribution in [0.2, 0.25) is 0 Å². The van der Waals surface area contributed by atoms with Crippen molar-refractivity contribution in [1.29, 1.82) is 0 Å². The standard InChI is InChI=1S/C11H12N6O/c12-7-4-2-1-3-6(7)11-15-14-9-5-8(10(13)18)16-17(9)11/h1-5,10,16,18H,12-13H2. The van der Waals surface area contributed by atoms with Crippen molar-refractivity contribution in [1.82, 2.24) is 19.8 Å². The molecule has 18 heavy (non-hydrogen) atoms. The molecule has 0 fully saturated rings. The quantitative estimate of drug-likeness (QED) is 0.381. The molecule has 7 heteroatoms. The molecule has 6 N–H and O–H groups in total. The number of fused-ring (bicyclic) bond motifs is 1. The van der Waals surface area contributed by atoms with Crippen LogP contribution < -0.4 is 11.5 Å². The van der Waals surface area contributed by atoms with Gasteiger partial charge in [0.25, 0.3) is 0 Å². The van der Waals surface area contributed by atoms with Crippen molar-refractivity contribution in [2.45, 2.75) is 6.23 Å². The van der Waals surface area contributed by atoms with Crippen LogP contribution in [0.1, 0.15) is 11.9 Å². The predicted octanol–water partition coefficient (Wildman–Crippen LogP) is 0.256. The van der Waals surface area contributed by atoms with E-state index in [1.54, 1.807) is 16.6 Å². The number of nitrogen functional groups attached to an aromatic ring is 1. The molecule has 3 aromatic rings. The molecule has 0 saturated heterocycles. The Bertz CT molecular complexity index is 698. The molecule has 92 valence electrons.